The number of pyridine rings is 1. The monoisotopic (exact) mass is 612 g/mol. The summed E-state index contributed by atoms with van der Waals surface area (Å²) in [5, 5.41) is 22.1. The second-order valence-corrected chi connectivity index (χ2v) is 10.4. The maximum Gasteiger partial charge on any atom is 0.350 e. The third-order valence-electron chi connectivity index (χ3n) is 6.32. The number of ketones is 1. The fourth-order valence-electron chi connectivity index (χ4n) is 4.55. The number of aliphatic hydroxyl groups excluding tert-OH is 1. The number of methoxy groups -OCH3 is 2. The highest BCUT2D eigenvalue weighted by Crippen LogP contribution is 2.47. The van der Waals surface area contributed by atoms with Gasteiger partial charge >= 0.3 is 11.9 Å². The van der Waals surface area contributed by atoms with Crippen molar-refractivity contribution in [3.8, 4) is 11.5 Å². The molecule has 0 aliphatic carbocycles. The number of rotatable bonds is 5. The number of thiazole rings is 1. The molecule has 1 saturated heterocycles. The summed E-state index contributed by atoms with van der Waals surface area (Å²) in [4.78, 5) is 49.6. The molecule has 4 aromatic rings. The van der Waals surface area contributed by atoms with E-state index in [1.165, 1.54) is 26.4 Å². The number of aromatic nitrogens is 3. The number of Topliss-reactive ketones (excluding diaryl/α,β-unsaturated/α-hetero) is 1. The molecule has 3 aromatic heterocycles. The van der Waals surface area contributed by atoms with Gasteiger partial charge in [-0.05, 0) is 59.6 Å². The summed E-state index contributed by atoms with van der Waals surface area (Å²) in [5.41, 5.74) is 1.63. The molecular weight excluding hydrogens is 592 g/mol. The highest BCUT2D eigenvalue weighted by molar-refractivity contribution is 9.10. The first-order chi connectivity index (χ1) is 18.6. The van der Waals surface area contributed by atoms with Gasteiger partial charge in [0, 0.05) is 6.20 Å². The van der Waals surface area contributed by atoms with E-state index in [1.807, 2.05) is 0 Å². The number of benzene rings is 1. The molecule has 39 heavy (non-hydrogen) atoms. The van der Waals surface area contributed by atoms with Gasteiger partial charge in [-0.3, -0.25) is 18.9 Å². The van der Waals surface area contributed by atoms with E-state index in [9.17, 15) is 24.6 Å². The van der Waals surface area contributed by atoms with Gasteiger partial charge in [0.05, 0.1) is 41.7 Å². The van der Waals surface area contributed by atoms with Crippen LogP contribution in [0.15, 0.2) is 46.6 Å². The summed E-state index contributed by atoms with van der Waals surface area (Å²) in [6, 6.07) is 7.05. The summed E-state index contributed by atoms with van der Waals surface area (Å²) in [6.45, 7) is 3.26. The van der Waals surface area contributed by atoms with E-state index in [0.717, 1.165) is 16.2 Å². The molecular formula is C26H21BrN4O7S. The number of aromatic hydroxyl groups is 1. The van der Waals surface area contributed by atoms with E-state index in [1.54, 1.807) is 42.6 Å². The van der Waals surface area contributed by atoms with Crippen LogP contribution in [0, 0.1) is 13.8 Å². The molecule has 5 rings (SSSR count). The molecule has 1 fully saturated rings. The molecule has 1 aliphatic rings. The molecule has 4 heterocycles. The molecule has 2 N–H and O–H groups in total. The second-order valence-electron chi connectivity index (χ2n) is 8.60. The lowest BCUT2D eigenvalue weighted by molar-refractivity contribution is -0.132. The number of hydrogen-bond donors (Lipinski definition) is 2. The Labute approximate surface area is 234 Å². The molecule has 1 aromatic carbocycles. The number of hydrogen-bond acceptors (Lipinski definition) is 10. The molecule has 1 aliphatic heterocycles. The molecule has 1 amide bonds. The minimum absolute atomic E-state index is 0.0529. The van der Waals surface area contributed by atoms with E-state index < -0.39 is 29.5 Å². The molecule has 0 radical (unpaired) electrons. The van der Waals surface area contributed by atoms with E-state index >= 15 is 0 Å². The quantitative estimate of drug-likeness (QED) is 0.146. The predicted molar refractivity (Wildman–Crippen MR) is 145 cm³/mol. The van der Waals surface area contributed by atoms with Crippen LogP contribution in [-0.2, 0) is 14.3 Å². The van der Waals surface area contributed by atoms with Gasteiger partial charge in [0.1, 0.15) is 16.2 Å². The number of phenolic OH excluding ortho intramolecular Hbond substituents is 1. The smallest absolute Gasteiger partial charge is 0.350 e. The van der Waals surface area contributed by atoms with Gasteiger partial charge in [0.2, 0.25) is 0 Å². The molecule has 1 atom stereocenters. The number of nitrogens with zero attached hydrogens (tertiary/aromatic N) is 4. The minimum Gasteiger partial charge on any atom is -0.505 e. The Balaban J connectivity index is 1.81. The van der Waals surface area contributed by atoms with Gasteiger partial charge in [-0.25, -0.2) is 14.8 Å². The highest BCUT2D eigenvalue weighted by Gasteiger charge is 2.49. The number of imidazole rings is 1. The van der Waals surface area contributed by atoms with Gasteiger partial charge in [-0.1, -0.05) is 17.4 Å². The van der Waals surface area contributed by atoms with Crippen LogP contribution in [0.25, 0.3) is 11.4 Å². The van der Waals surface area contributed by atoms with E-state index in [4.69, 9.17) is 9.47 Å². The van der Waals surface area contributed by atoms with E-state index in [0.29, 0.717) is 22.6 Å². The molecule has 0 spiro atoms. The van der Waals surface area contributed by atoms with E-state index in [-0.39, 0.29) is 37.2 Å². The summed E-state index contributed by atoms with van der Waals surface area (Å²) in [6.07, 6.45) is 1.68. The van der Waals surface area contributed by atoms with Gasteiger partial charge in [-0.15, -0.1) is 0 Å². The first kappa shape index (κ1) is 26.4. The van der Waals surface area contributed by atoms with Gasteiger partial charge in [0.25, 0.3) is 5.78 Å². The fourth-order valence-corrected chi connectivity index (χ4v) is 6.02. The molecule has 11 nitrogen and oxygen atoms in total. The lowest BCUT2D eigenvalue weighted by atomic mass is 9.96. The number of carbonyl (C=O) groups is 3. The molecule has 0 saturated carbocycles. The van der Waals surface area contributed by atoms with E-state index in [2.05, 4.69) is 25.9 Å². The number of ether oxygens (including phenoxy) is 2. The first-order valence-electron chi connectivity index (χ1n) is 11.5. The van der Waals surface area contributed by atoms with Gasteiger partial charge in [-0.2, -0.15) is 0 Å². The van der Waals surface area contributed by atoms with Crippen molar-refractivity contribution in [1.82, 2.24) is 14.4 Å². The van der Waals surface area contributed by atoms with Crippen LogP contribution < -0.4 is 9.64 Å². The summed E-state index contributed by atoms with van der Waals surface area (Å²) in [5.74, 6) is -3.11. The van der Waals surface area contributed by atoms with Gasteiger partial charge < -0.3 is 19.7 Å². The summed E-state index contributed by atoms with van der Waals surface area (Å²) in [7, 11) is 2.59. The Bertz CT molecular complexity index is 1720. The number of amides is 1. The first-order valence-corrected chi connectivity index (χ1v) is 13.1. The fraction of sp³-hybridized carbons (Fsp3) is 0.192. The zero-order valence-electron chi connectivity index (χ0n) is 21.1. The number of anilines is 1. The normalized spacial score (nSPS) is 16.7. The number of halogens is 1. The van der Waals surface area contributed by atoms with Crippen LogP contribution in [0.2, 0.25) is 0 Å². The maximum absolute atomic E-state index is 13.6. The topological polar surface area (TPSA) is 144 Å². The van der Waals surface area contributed by atoms with Crippen molar-refractivity contribution in [2.24, 2.45) is 0 Å². The van der Waals surface area contributed by atoms with Crippen molar-refractivity contribution in [1.29, 1.82) is 0 Å². The number of fused-ring (bicyclic) bond motifs is 1. The predicted octanol–water partition coefficient (Wildman–Crippen LogP) is 4.30. The SMILES string of the molecule is COC(=O)c1sc(N2C(=O)C(=O)C(=C(O)c3c(C)nc4ccccn34)C2c2cc(Br)c(O)c(OC)c2)nc1C. The Hall–Kier alpha value is -4.23. The highest BCUT2D eigenvalue weighted by atomic mass is 79.9. The number of aryl methyl sites for hydroxylation is 2. The van der Waals surface area contributed by atoms with Crippen LogP contribution in [0.1, 0.15) is 38.4 Å². The minimum atomic E-state index is -1.19. The Kier molecular flexibility index (Phi) is 6.64. The molecule has 13 heteroatoms. The van der Waals surface area contributed by atoms with Crippen molar-refractivity contribution >= 4 is 61.5 Å². The Morgan fingerprint density at radius 3 is 2.56 bits per heavy atom. The lowest BCUT2D eigenvalue weighted by Crippen LogP contribution is -2.29. The van der Waals surface area contributed by atoms with Crippen molar-refractivity contribution < 1.29 is 34.1 Å². The molecule has 1 unspecified atom stereocenters. The van der Waals surface area contributed by atoms with Crippen LogP contribution in [-0.4, -0.2) is 56.5 Å². The van der Waals surface area contributed by atoms with Crippen molar-refractivity contribution in [2.75, 3.05) is 19.1 Å². The third kappa shape index (κ3) is 4.14. The zero-order valence-corrected chi connectivity index (χ0v) is 23.5. The number of phenols is 1. The number of aliphatic hydroxyl groups is 1. The molecule has 200 valence electrons. The zero-order chi connectivity index (χ0) is 28.2. The Morgan fingerprint density at radius 1 is 1.13 bits per heavy atom. The van der Waals surface area contributed by atoms with Crippen molar-refractivity contribution in [2.45, 2.75) is 19.9 Å². The summed E-state index contributed by atoms with van der Waals surface area (Å²) >= 11 is 4.17. The van der Waals surface area contributed by atoms with Crippen LogP contribution in [0.3, 0.4) is 0 Å². The average Bonchev–Trinajstić information content (AvgIpc) is 3.55. The van der Waals surface area contributed by atoms with Crippen LogP contribution >= 0.6 is 27.3 Å². The lowest BCUT2D eigenvalue weighted by Gasteiger charge is -2.24. The van der Waals surface area contributed by atoms with Crippen LogP contribution in [0.5, 0.6) is 11.5 Å². The van der Waals surface area contributed by atoms with Crippen molar-refractivity contribution in [3.63, 3.8) is 0 Å². The van der Waals surface area contributed by atoms with Crippen molar-refractivity contribution in [3.05, 3.63) is 74.1 Å². The maximum atomic E-state index is 13.6. The average molecular weight is 613 g/mol. The van der Waals surface area contributed by atoms with Gasteiger partial charge in [0.15, 0.2) is 22.4 Å². The molecule has 0 bridgehead atoms. The summed E-state index contributed by atoms with van der Waals surface area (Å²) < 4.78 is 12.0. The van der Waals surface area contributed by atoms with Crippen LogP contribution in [0.4, 0.5) is 5.13 Å². The number of esters is 1. The Morgan fingerprint density at radius 2 is 1.87 bits per heavy atom. The largest absolute Gasteiger partial charge is 0.505 e. The standard InChI is InChI=1S/C26H21BrN4O7S/c1-11-18(30-8-6-5-7-16(30)28-11)21(33)17-19(13-9-14(27)20(32)15(10-13)37-3)31(24(35)22(17)34)26-29-12(2)23(39-26)25(36)38-4/h5-10,19,32-33H,1-4H3. The second kappa shape index (κ2) is 9.82. The third-order valence-corrected chi connectivity index (χ3v) is 8.06. The number of carbonyl (C=O) groups excluding carboxylic acids is 3.